The molecule has 1 unspecified atom stereocenters. The molecule has 0 aliphatic heterocycles. The van der Waals surface area contributed by atoms with Gasteiger partial charge in [-0.25, -0.2) is 0 Å². The molecule has 0 saturated heterocycles. The van der Waals surface area contributed by atoms with E-state index >= 15 is 0 Å². The fourth-order valence-corrected chi connectivity index (χ4v) is 4.99. The van der Waals surface area contributed by atoms with E-state index in [0.717, 1.165) is 70.6 Å². The summed E-state index contributed by atoms with van der Waals surface area (Å²) in [7, 11) is 0. The van der Waals surface area contributed by atoms with Gasteiger partial charge in [-0.3, -0.25) is 14.4 Å². The van der Waals surface area contributed by atoms with Crippen molar-refractivity contribution in [2.24, 2.45) is 0 Å². The molecule has 0 aromatic rings. The lowest BCUT2D eigenvalue weighted by Crippen LogP contribution is -2.28. The van der Waals surface area contributed by atoms with Crippen molar-refractivity contribution in [3.63, 3.8) is 0 Å². The molecule has 0 bridgehead atoms. The van der Waals surface area contributed by atoms with Gasteiger partial charge in [0.2, 0.25) is 5.91 Å². The summed E-state index contributed by atoms with van der Waals surface area (Å²) < 4.78 is 5.88. The van der Waals surface area contributed by atoms with E-state index < -0.39 is 5.97 Å². The first-order chi connectivity index (χ1) is 20.5. The predicted molar refractivity (Wildman–Crippen MR) is 176 cm³/mol. The molecule has 42 heavy (non-hydrogen) atoms. The number of ether oxygens (including phenoxy) is 1. The Balaban J connectivity index is 4.21. The van der Waals surface area contributed by atoms with E-state index in [1.165, 1.54) is 77.0 Å². The Morgan fingerprint density at radius 2 is 1.17 bits per heavy atom. The summed E-state index contributed by atoms with van der Waals surface area (Å²) in [4.78, 5) is 34.6. The maximum absolute atomic E-state index is 12.6. The van der Waals surface area contributed by atoms with E-state index in [0.29, 0.717) is 12.8 Å². The van der Waals surface area contributed by atoms with Crippen LogP contribution in [0.4, 0.5) is 0 Å². The summed E-state index contributed by atoms with van der Waals surface area (Å²) in [5.74, 6) is -1.29. The molecule has 1 atom stereocenters. The Bertz CT molecular complexity index is 703. The number of aliphatic carboxylic acids is 1. The van der Waals surface area contributed by atoms with Gasteiger partial charge in [-0.15, -0.1) is 0 Å². The van der Waals surface area contributed by atoms with E-state index in [2.05, 4.69) is 43.5 Å². The Labute approximate surface area is 258 Å². The minimum Gasteiger partial charge on any atom is -0.480 e. The summed E-state index contributed by atoms with van der Waals surface area (Å²) >= 11 is 0. The van der Waals surface area contributed by atoms with Crippen LogP contribution in [0.1, 0.15) is 174 Å². The largest absolute Gasteiger partial charge is 0.480 e. The number of esters is 1. The topological polar surface area (TPSA) is 92.7 Å². The number of allylic oxidation sites excluding steroid dienone is 3. The average Bonchev–Trinajstić information content (AvgIpc) is 2.97. The number of carboxylic acids is 1. The van der Waals surface area contributed by atoms with E-state index in [1.807, 2.05) is 0 Å². The van der Waals surface area contributed by atoms with Crippen molar-refractivity contribution in [2.45, 2.75) is 180 Å². The maximum atomic E-state index is 12.6. The highest BCUT2D eigenvalue weighted by molar-refractivity contribution is 5.80. The highest BCUT2D eigenvalue weighted by atomic mass is 16.5. The van der Waals surface area contributed by atoms with Gasteiger partial charge in [-0.05, 0) is 51.0 Å². The Morgan fingerprint density at radius 1 is 0.643 bits per heavy atom. The fourth-order valence-electron chi connectivity index (χ4n) is 4.99. The Morgan fingerprint density at radius 3 is 1.76 bits per heavy atom. The molecule has 0 aliphatic carbocycles. The molecule has 0 aliphatic rings. The molecule has 0 fully saturated rings. The summed E-state index contributed by atoms with van der Waals surface area (Å²) in [5, 5.41) is 11.0. The number of amides is 1. The highest BCUT2D eigenvalue weighted by Gasteiger charge is 2.11. The molecule has 0 heterocycles. The van der Waals surface area contributed by atoms with Gasteiger partial charge in [0.1, 0.15) is 12.6 Å². The fraction of sp³-hybridized carbons (Fsp3) is 0.806. The number of hydrogen-bond acceptors (Lipinski definition) is 4. The summed E-state index contributed by atoms with van der Waals surface area (Å²) in [6.07, 6.45) is 35.9. The van der Waals surface area contributed by atoms with Gasteiger partial charge in [0.25, 0.3) is 0 Å². The van der Waals surface area contributed by atoms with Crippen LogP contribution in [0.2, 0.25) is 0 Å². The number of carbonyl (C=O) groups excluding carboxylic acids is 2. The van der Waals surface area contributed by atoms with Crippen molar-refractivity contribution in [3.8, 4) is 0 Å². The van der Waals surface area contributed by atoms with E-state index in [-0.39, 0.29) is 24.5 Å². The van der Waals surface area contributed by atoms with Crippen LogP contribution in [0.5, 0.6) is 0 Å². The number of rotatable bonds is 31. The van der Waals surface area contributed by atoms with Crippen LogP contribution < -0.4 is 5.32 Å². The minimum absolute atomic E-state index is 0.0724. The summed E-state index contributed by atoms with van der Waals surface area (Å²) in [5.41, 5.74) is 0. The lowest BCUT2D eigenvalue weighted by molar-refractivity contribution is -0.147. The molecule has 0 aromatic heterocycles. The monoisotopic (exact) mass is 591 g/mol. The van der Waals surface area contributed by atoms with Crippen molar-refractivity contribution in [2.75, 3.05) is 6.54 Å². The maximum Gasteiger partial charge on any atom is 0.322 e. The van der Waals surface area contributed by atoms with Gasteiger partial charge < -0.3 is 15.2 Å². The minimum atomic E-state index is -1.02. The molecule has 0 radical (unpaired) electrons. The standard InChI is InChI=1S/C36H65NO5/c1-3-5-7-9-11-13-14-15-17-23-27-31-36(41)42-33(28-24-20-16-12-10-8-6-4-2)29-25-21-18-19-22-26-30-34(38)37-32-35(39)40/h12,16,24,28,33H,3-11,13-15,17-23,25-27,29-32H2,1-2H3,(H,37,38)(H,39,40)/b16-12-,28-24-. The lowest BCUT2D eigenvalue weighted by Gasteiger charge is -2.14. The van der Waals surface area contributed by atoms with Gasteiger partial charge in [0.15, 0.2) is 0 Å². The van der Waals surface area contributed by atoms with Crippen LogP contribution in [0.3, 0.4) is 0 Å². The third kappa shape index (κ3) is 30.8. The van der Waals surface area contributed by atoms with Gasteiger partial charge in [-0.2, -0.15) is 0 Å². The molecule has 1 amide bonds. The SMILES string of the molecule is CCCCC/C=C\C/C=C\C(CCCCCCCCC(=O)NCC(=O)O)OC(=O)CCCCCCCCCCCCC. The second-order valence-corrected chi connectivity index (χ2v) is 11.8. The molecule has 6 heteroatoms. The van der Waals surface area contributed by atoms with Crippen LogP contribution in [0, 0.1) is 0 Å². The smallest absolute Gasteiger partial charge is 0.322 e. The Hall–Kier alpha value is -2.11. The lowest BCUT2D eigenvalue weighted by atomic mass is 10.0. The van der Waals surface area contributed by atoms with Crippen molar-refractivity contribution in [1.82, 2.24) is 5.32 Å². The first kappa shape index (κ1) is 39.9. The number of carbonyl (C=O) groups is 3. The third-order valence-electron chi connectivity index (χ3n) is 7.61. The zero-order valence-electron chi connectivity index (χ0n) is 27.4. The molecular weight excluding hydrogens is 526 g/mol. The van der Waals surface area contributed by atoms with Gasteiger partial charge >= 0.3 is 11.9 Å². The summed E-state index contributed by atoms with van der Waals surface area (Å²) in [6.45, 7) is 4.17. The zero-order chi connectivity index (χ0) is 30.9. The Kier molecular flexibility index (Phi) is 30.2. The van der Waals surface area contributed by atoms with Crippen molar-refractivity contribution < 1.29 is 24.2 Å². The number of hydrogen-bond donors (Lipinski definition) is 2. The van der Waals surface area contributed by atoms with Gasteiger partial charge in [0.05, 0.1) is 0 Å². The van der Waals surface area contributed by atoms with E-state index in [4.69, 9.17) is 9.84 Å². The van der Waals surface area contributed by atoms with Crippen molar-refractivity contribution in [1.29, 1.82) is 0 Å². The molecule has 0 rings (SSSR count). The molecule has 2 N–H and O–H groups in total. The first-order valence-corrected chi connectivity index (χ1v) is 17.5. The van der Waals surface area contributed by atoms with Crippen molar-refractivity contribution >= 4 is 17.8 Å². The third-order valence-corrected chi connectivity index (χ3v) is 7.61. The second kappa shape index (κ2) is 31.8. The number of unbranched alkanes of at least 4 members (excludes halogenated alkanes) is 18. The van der Waals surface area contributed by atoms with Crippen LogP contribution in [0.15, 0.2) is 24.3 Å². The average molecular weight is 592 g/mol. The van der Waals surface area contributed by atoms with Crippen LogP contribution in [-0.4, -0.2) is 35.6 Å². The molecule has 0 aromatic carbocycles. The quantitative estimate of drug-likeness (QED) is 0.0475. The molecule has 6 nitrogen and oxygen atoms in total. The highest BCUT2D eigenvalue weighted by Crippen LogP contribution is 2.15. The number of nitrogens with one attached hydrogen (secondary N) is 1. The predicted octanol–water partition coefficient (Wildman–Crippen LogP) is 10.0. The van der Waals surface area contributed by atoms with Crippen LogP contribution in [0.25, 0.3) is 0 Å². The second-order valence-electron chi connectivity index (χ2n) is 11.8. The first-order valence-electron chi connectivity index (χ1n) is 17.5. The summed E-state index contributed by atoms with van der Waals surface area (Å²) in [6, 6.07) is 0. The molecular formula is C36H65NO5. The van der Waals surface area contributed by atoms with E-state index in [1.54, 1.807) is 0 Å². The van der Waals surface area contributed by atoms with Crippen LogP contribution in [-0.2, 0) is 19.1 Å². The normalized spacial score (nSPS) is 12.2. The van der Waals surface area contributed by atoms with E-state index in [9.17, 15) is 14.4 Å². The zero-order valence-corrected chi connectivity index (χ0v) is 27.4. The van der Waals surface area contributed by atoms with Gasteiger partial charge in [-0.1, -0.05) is 135 Å². The number of carboxylic acid groups (broad SMARTS) is 1. The molecule has 0 spiro atoms. The molecule has 0 saturated carbocycles. The van der Waals surface area contributed by atoms with Crippen LogP contribution >= 0.6 is 0 Å². The van der Waals surface area contributed by atoms with Crippen molar-refractivity contribution in [3.05, 3.63) is 24.3 Å². The molecule has 244 valence electrons. The van der Waals surface area contributed by atoms with Gasteiger partial charge in [0, 0.05) is 12.8 Å².